The average Bonchev–Trinajstić information content (AvgIpc) is 2.25. The minimum Gasteiger partial charge on any atom is -0.396 e. The van der Waals surface area contributed by atoms with Gasteiger partial charge in [-0.15, -0.1) is 0 Å². The second-order valence-corrected chi connectivity index (χ2v) is 5.29. The summed E-state index contributed by atoms with van der Waals surface area (Å²) in [5.74, 6) is 2.53. The lowest BCUT2D eigenvalue weighted by atomic mass is 10.2. The molecule has 96 valence electrons. The van der Waals surface area contributed by atoms with E-state index < -0.39 is 0 Å². The fraction of sp³-hybridized carbons (Fsp3) is 0.909. The van der Waals surface area contributed by atoms with Crippen LogP contribution in [0.1, 0.15) is 20.3 Å². The minimum atomic E-state index is 0.0639. The summed E-state index contributed by atoms with van der Waals surface area (Å²) in [6, 6.07) is 0. The number of aliphatic hydroxyl groups excluding tert-OH is 1. The highest BCUT2D eigenvalue weighted by Crippen LogP contribution is 1.99. The highest BCUT2D eigenvalue weighted by molar-refractivity contribution is 7.99. The van der Waals surface area contributed by atoms with Gasteiger partial charge in [-0.2, -0.15) is 11.8 Å². The van der Waals surface area contributed by atoms with E-state index in [1.54, 1.807) is 11.8 Å². The Morgan fingerprint density at radius 1 is 1.38 bits per heavy atom. The maximum atomic E-state index is 11.3. The zero-order valence-corrected chi connectivity index (χ0v) is 11.1. The van der Waals surface area contributed by atoms with Crippen molar-refractivity contribution >= 4 is 17.7 Å². The number of nitrogens with one attached hydrogen (secondary N) is 2. The normalized spacial score (nSPS) is 10.8. The van der Waals surface area contributed by atoms with E-state index in [9.17, 15) is 4.79 Å². The first-order valence-electron chi connectivity index (χ1n) is 5.82. The number of hydrogen-bond acceptors (Lipinski definition) is 4. The van der Waals surface area contributed by atoms with Crippen molar-refractivity contribution in [1.82, 2.24) is 10.6 Å². The van der Waals surface area contributed by atoms with Crippen molar-refractivity contribution < 1.29 is 9.90 Å². The monoisotopic (exact) mass is 248 g/mol. The van der Waals surface area contributed by atoms with E-state index in [4.69, 9.17) is 5.11 Å². The molecule has 0 rings (SSSR count). The zero-order chi connectivity index (χ0) is 12.2. The molecule has 0 aromatic heterocycles. The van der Waals surface area contributed by atoms with Crippen LogP contribution in [0.5, 0.6) is 0 Å². The summed E-state index contributed by atoms with van der Waals surface area (Å²) < 4.78 is 0. The number of thioether (sulfide) groups is 1. The van der Waals surface area contributed by atoms with Gasteiger partial charge in [0.1, 0.15) is 0 Å². The largest absolute Gasteiger partial charge is 0.396 e. The van der Waals surface area contributed by atoms with Gasteiger partial charge in [-0.3, -0.25) is 4.79 Å². The lowest BCUT2D eigenvalue weighted by molar-refractivity contribution is -0.120. The van der Waals surface area contributed by atoms with Gasteiger partial charge < -0.3 is 15.7 Å². The molecule has 1 amide bonds. The van der Waals surface area contributed by atoms with Gasteiger partial charge in [-0.1, -0.05) is 13.8 Å². The van der Waals surface area contributed by atoms with Gasteiger partial charge in [0.15, 0.2) is 0 Å². The molecular formula is C11H24N2O2S. The maximum Gasteiger partial charge on any atom is 0.233 e. The first-order valence-corrected chi connectivity index (χ1v) is 6.98. The second-order valence-electron chi connectivity index (χ2n) is 4.06. The third kappa shape index (κ3) is 11.8. The highest BCUT2D eigenvalue weighted by atomic mass is 32.2. The van der Waals surface area contributed by atoms with E-state index in [0.29, 0.717) is 12.5 Å². The van der Waals surface area contributed by atoms with Gasteiger partial charge in [0, 0.05) is 25.4 Å². The smallest absolute Gasteiger partial charge is 0.233 e. The molecule has 5 heteroatoms. The van der Waals surface area contributed by atoms with Crippen LogP contribution in [0.15, 0.2) is 0 Å². The summed E-state index contributed by atoms with van der Waals surface area (Å²) in [5, 5.41) is 14.5. The number of rotatable bonds is 10. The highest BCUT2D eigenvalue weighted by Gasteiger charge is 2.00. The fourth-order valence-corrected chi connectivity index (χ4v) is 1.82. The summed E-state index contributed by atoms with van der Waals surface area (Å²) in [7, 11) is 0. The Bertz CT molecular complexity index is 177. The second kappa shape index (κ2) is 11.2. The number of amides is 1. The van der Waals surface area contributed by atoms with Crippen LogP contribution in [0.4, 0.5) is 0 Å². The summed E-state index contributed by atoms with van der Waals surface area (Å²) in [4.78, 5) is 11.3. The molecule has 0 aromatic rings. The van der Waals surface area contributed by atoms with Crippen LogP contribution in [0.25, 0.3) is 0 Å². The molecule has 0 radical (unpaired) electrons. The van der Waals surface area contributed by atoms with Gasteiger partial charge in [0.25, 0.3) is 0 Å². The van der Waals surface area contributed by atoms with Crippen LogP contribution >= 0.6 is 11.8 Å². The fourth-order valence-electron chi connectivity index (χ4n) is 0.995. The van der Waals surface area contributed by atoms with E-state index in [1.807, 2.05) is 0 Å². The van der Waals surface area contributed by atoms with Crippen LogP contribution in [0.3, 0.4) is 0 Å². The number of carbonyl (C=O) groups excluding carboxylic acids is 1. The Hall–Kier alpha value is -0.260. The molecule has 0 unspecified atom stereocenters. The number of hydrogen-bond donors (Lipinski definition) is 3. The molecule has 0 spiro atoms. The summed E-state index contributed by atoms with van der Waals surface area (Å²) >= 11 is 1.79. The molecule has 0 aliphatic rings. The molecule has 3 N–H and O–H groups in total. The molecule has 16 heavy (non-hydrogen) atoms. The van der Waals surface area contributed by atoms with E-state index in [0.717, 1.165) is 31.0 Å². The van der Waals surface area contributed by atoms with Gasteiger partial charge in [-0.05, 0) is 18.1 Å². The third-order valence-electron chi connectivity index (χ3n) is 1.86. The molecule has 0 fully saturated rings. The van der Waals surface area contributed by atoms with Crippen LogP contribution in [-0.2, 0) is 4.79 Å². The van der Waals surface area contributed by atoms with Crippen LogP contribution in [0, 0.1) is 5.92 Å². The van der Waals surface area contributed by atoms with Gasteiger partial charge in [-0.25, -0.2) is 0 Å². The molecule has 0 aliphatic carbocycles. The van der Waals surface area contributed by atoms with Gasteiger partial charge >= 0.3 is 0 Å². The van der Waals surface area contributed by atoms with Gasteiger partial charge in [0.05, 0.1) is 6.54 Å². The van der Waals surface area contributed by atoms with Crippen LogP contribution in [0.2, 0.25) is 0 Å². The summed E-state index contributed by atoms with van der Waals surface area (Å²) in [6.07, 6.45) is 0.847. The van der Waals surface area contributed by atoms with Crippen molar-refractivity contribution in [2.45, 2.75) is 20.3 Å². The van der Waals surface area contributed by atoms with Crippen molar-refractivity contribution in [2.75, 3.05) is 37.7 Å². The Morgan fingerprint density at radius 3 is 2.75 bits per heavy atom. The van der Waals surface area contributed by atoms with Crippen LogP contribution < -0.4 is 10.6 Å². The summed E-state index contributed by atoms with van der Waals surface area (Å²) in [6.45, 7) is 6.39. The maximum absolute atomic E-state index is 11.3. The van der Waals surface area contributed by atoms with Crippen molar-refractivity contribution in [2.24, 2.45) is 5.92 Å². The molecule has 0 saturated heterocycles. The van der Waals surface area contributed by atoms with Crippen molar-refractivity contribution in [1.29, 1.82) is 0 Å². The standard InChI is InChI=1S/C11H24N2O2S/c1-10(2)8-13-11(15)9-12-4-7-16-6-3-5-14/h10,12,14H,3-9H2,1-2H3,(H,13,15). The van der Waals surface area contributed by atoms with Crippen LogP contribution in [-0.4, -0.2) is 48.8 Å². The number of carbonyl (C=O) groups is 1. The van der Waals surface area contributed by atoms with E-state index in [1.165, 1.54) is 0 Å². The molecule has 0 aliphatic heterocycles. The Morgan fingerprint density at radius 2 is 2.12 bits per heavy atom. The SMILES string of the molecule is CC(C)CNC(=O)CNCCSCCCO. The molecule has 0 heterocycles. The molecule has 0 atom stereocenters. The summed E-state index contributed by atoms with van der Waals surface area (Å²) in [5.41, 5.74) is 0. The Balaban J connectivity index is 3.15. The van der Waals surface area contributed by atoms with Crippen molar-refractivity contribution in [3.8, 4) is 0 Å². The lowest BCUT2D eigenvalue weighted by Gasteiger charge is -2.08. The lowest BCUT2D eigenvalue weighted by Crippen LogP contribution is -2.36. The van der Waals surface area contributed by atoms with E-state index >= 15 is 0 Å². The molecule has 4 nitrogen and oxygen atoms in total. The zero-order valence-electron chi connectivity index (χ0n) is 10.3. The molecule has 0 bridgehead atoms. The third-order valence-corrected chi connectivity index (χ3v) is 2.93. The minimum absolute atomic E-state index is 0.0639. The number of aliphatic hydroxyl groups is 1. The van der Waals surface area contributed by atoms with Crippen molar-refractivity contribution in [3.05, 3.63) is 0 Å². The predicted molar refractivity (Wildman–Crippen MR) is 69.7 cm³/mol. The molecule has 0 saturated carbocycles. The first kappa shape index (κ1) is 15.7. The average molecular weight is 248 g/mol. The van der Waals surface area contributed by atoms with E-state index in [2.05, 4.69) is 24.5 Å². The van der Waals surface area contributed by atoms with Crippen molar-refractivity contribution in [3.63, 3.8) is 0 Å². The topological polar surface area (TPSA) is 61.4 Å². The first-order chi connectivity index (χ1) is 7.66. The Kier molecular flexibility index (Phi) is 11.0. The quantitative estimate of drug-likeness (QED) is 0.492. The Labute approximate surface area is 103 Å². The molecular weight excluding hydrogens is 224 g/mol. The molecule has 0 aromatic carbocycles. The van der Waals surface area contributed by atoms with E-state index in [-0.39, 0.29) is 12.5 Å². The van der Waals surface area contributed by atoms with Gasteiger partial charge in [0.2, 0.25) is 5.91 Å². The predicted octanol–water partition coefficient (Wildman–Crippen LogP) is 0.464.